The van der Waals surface area contributed by atoms with E-state index in [0.717, 1.165) is 12.1 Å². The van der Waals surface area contributed by atoms with Gasteiger partial charge in [-0.2, -0.15) is 0 Å². The molecule has 2 aromatic rings. The van der Waals surface area contributed by atoms with E-state index in [0.29, 0.717) is 50.1 Å². The first-order chi connectivity index (χ1) is 14.3. The normalized spacial score (nSPS) is 19.1. The number of halogens is 2. The molecule has 30 heavy (non-hydrogen) atoms. The molecule has 2 aliphatic rings. The molecule has 0 spiro atoms. The summed E-state index contributed by atoms with van der Waals surface area (Å²) in [7, 11) is -3.31. The van der Waals surface area contributed by atoms with E-state index in [4.69, 9.17) is 4.74 Å². The molecule has 2 aromatic carbocycles. The average molecular weight is 436 g/mol. The van der Waals surface area contributed by atoms with E-state index in [1.54, 1.807) is 29.2 Å². The van der Waals surface area contributed by atoms with Crippen LogP contribution >= 0.6 is 0 Å². The number of anilines is 1. The Balaban J connectivity index is 1.39. The van der Waals surface area contributed by atoms with Crippen molar-refractivity contribution in [2.24, 2.45) is 0 Å². The molecule has 1 amide bonds. The van der Waals surface area contributed by atoms with Gasteiger partial charge in [-0.25, -0.2) is 17.2 Å². The quantitative estimate of drug-likeness (QED) is 0.738. The number of amides is 1. The summed E-state index contributed by atoms with van der Waals surface area (Å²) in [6.45, 7) is 1.28. The van der Waals surface area contributed by atoms with Crippen LogP contribution in [0.3, 0.4) is 0 Å². The lowest BCUT2D eigenvalue weighted by Gasteiger charge is -2.32. The number of carbonyl (C=O) groups is 1. The van der Waals surface area contributed by atoms with Gasteiger partial charge in [-0.15, -0.1) is 0 Å². The lowest BCUT2D eigenvalue weighted by Crippen LogP contribution is -2.41. The van der Waals surface area contributed by atoms with Crippen LogP contribution < -0.4 is 9.04 Å². The van der Waals surface area contributed by atoms with Gasteiger partial charge in [0.15, 0.2) is 11.6 Å². The third kappa shape index (κ3) is 4.26. The van der Waals surface area contributed by atoms with Crippen molar-refractivity contribution >= 4 is 21.6 Å². The molecular weight excluding hydrogens is 414 g/mol. The number of benzene rings is 2. The molecule has 0 aliphatic carbocycles. The molecule has 0 atom stereocenters. The Bertz CT molecular complexity index is 1050. The van der Waals surface area contributed by atoms with E-state index in [9.17, 15) is 22.0 Å². The summed E-state index contributed by atoms with van der Waals surface area (Å²) in [5.41, 5.74) is 0.932. The van der Waals surface area contributed by atoms with Crippen LogP contribution in [0.1, 0.15) is 29.6 Å². The molecule has 0 radical (unpaired) electrons. The number of likely N-dealkylation sites (tertiary alicyclic amines) is 1. The van der Waals surface area contributed by atoms with Gasteiger partial charge in [0.05, 0.1) is 11.4 Å². The third-order valence-electron chi connectivity index (χ3n) is 5.40. The molecule has 0 N–H and O–H groups in total. The fourth-order valence-corrected chi connectivity index (χ4v) is 5.39. The van der Waals surface area contributed by atoms with Crippen LogP contribution in [0.25, 0.3) is 0 Å². The summed E-state index contributed by atoms with van der Waals surface area (Å²) < 4.78 is 58.1. The fourth-order valence-electron chi connectivity index (χ4n) is 3.83. The van der Waals surface area contributed by atoms with E-state index >= 15 is 0 Å². The third-order valence-corrected chi connectivity index (χ3v) is 7.27. The highest BCUT2D eigenvalue weighted by Crippen LogP contribution is 2.27. The summed E-state index contributed by atoms with van der Waals surface area (Å²) >= 11 is 0. The lowest BCUT2D eigenvalue weighted by atomic mass is 10.1. The predicted molar refractivity (Wildman–Crippen MR) is 108 cm³/mol. The van der Waals surface area contributed by atoms with Crippen LogP contribution in [0.15, 0.2) is 42.5 Å². The van der Waals surface area contributed by atoms with Crippen LogP contribution in [0.5, 0.6) is 5.75 Å². The van der Waals surface area contributed by atoms with E-state index in [1.807, 2.05) is 0 Å². The molecule has 0 bridgehead atoms. The number of sulfonamides is 1. The van der Waals surface area contributed by atoms with E-state index in [2.05, 4.69) is 0 Å². The number of nitrogens with zero attached hydrogens (tertiary/aromatic N) is 2. The van der Waals surface area contributed by atoms with Gasteiger partial charge < -0.3 is 9.64 Å². The minimum atomic E-state index is -3.31. The number of hydrogen-bond acceptors (Lipinski definition) is 4. The Kier molecular flexibility index (Phi) is 5.64. The van der Waals surface area contributed by atoms with Gasteiger partial charge in [-0.05, 0) is 36.8 Å². The molecule has 9 heteroatoms. The van der Waals surface area contributed by atoms with Gasteiger partial charge in [0.2, 0.25) is 10.0 Å². The molecule has 2 fully saturated rings. The molecule has 0 aromatic heterocycles. The summed E-state index contributed by atoms with van der Waals surface area (Å²) in [4.78, 5) is 14.6. The van der Waals surface area contributed by atoms with E-state index < -0.39 is 21.7 Å². The summed E-state index contributed by atoms with van der Waals surface area (Å²) in [6, 6.07) is 9.85. The minimum absolute atomic E-state index is 0.000648. The number of hydrogen-bond donors (Lipinski definition) is 0. The smallest absolute Gasteiger partial charge is 0.253 e. The second-order valence-electron chi connectivity index (χ2n) is 7.48. The molecule has 4 rings (SSSR count). The Labute approximate surface area is 174 Å². The van der Waals surface area contributed by atoms with Gasteiger partial charge in [-0.3, -0.25) is 9.10 Å². The molecule has 0 unspecified atom stereocenters. The van der Waals surface area contributed by atoms with E-state index in [1.165, 1.54) is 10.4 Å². The Morgan fingerprint density at radius 3 is 2.47 bits per heavy atom. The fraction of sp³-hybridized carbons (Fsp3) is 0.381. The molecule has 6 nitrogen and oxygen atoms in total. The van der Waals surface area contributed by atoms with Crippen molar-refractivity contribution in [2.75, 3.05) is 29.7 Å². The van der Waals surface area contributed by atoms with Crippen LogP contribution in [-0.2, 0) is 10.0 Å². The summed E-state index contributed by atoms with van der Waals surface area (Å²) in [5.74, 6) is -1.47. The maximum absolute atomic E-state index is 13.8. The second-order valence-corrected chi connectivity index (χ2v) is 9.49. The number of rotatable bonds is 4. The maximum atomic E-state index is 13.8. The molecule has 0 saturated carbocycles. The van der Waals surface area contributed by atoms with Crippen molar-refractivity contribution in [1.82, 2.24) is 4.90 Å². The number of carbonyl (C=O) groups excluding carboxylic acids is 1. The van der Waals surface area contributed by atoms with Crippen LogP contribution in [0.4, 0.5) is 14.5 Å². The standard InChI is InChI=1S/C21H22F2N2O4S/c22-16-5-6-20(19(23)14-16)29-18-7-10-24(11-8-18)21(26)15-3-1-4-17(13-15)25-9-2-12-30(25,27)28/h1,3-6,13-14,18H,2,7-12H2. The second kappa shape index (κ2) is 8.22. The average Bonchev–Trinajstić information content (AvgIpc) is 3.09. The Hall–Kier alpha value is -2.68. The molecule has 2 heterocycles. The summed E-state index contributed by atoms with van der Waals surface area (Å²) in [6.07, 6.45) is 1.34. The number of ether oxygens (including phenoxy) is 1. The predicted octanol–water partition coefficient (Wildman–Crippen LogP) is 3.19. The largest absolute Gasteiger partial charge is 0.487 e. The number of piperidine rings is 1. The first-order valence-electron chi connectivity index (χ1n) is 9.85. The highest BCUT2D eigenvalue weighted by Gasteiger charge is 2.30. The topological polar surface area (TPSA) is 66.9 Å². The zero-order valence-corrected chi connectivity index (χ0v) is 17.1. The SMILES string of the molecule is O=C(c1cccc(N2CCCS2(=O)=O)c1)N1CCC(Oc2ccc(F)cc2F)CC1. The van der Waals surface area contributed by atoms with Crippen molar-refractivity contribution in [1.29, 1.82) is 0 Å². The van der Waals surface area contributed by atoms with Gasteiger partial charge >= 0.3 is 0 Å². The highest BCUT2D eigenvalue weighted by atomic mass is 32.2. The lowest BCUT2D eigenvalue weighted by molar-refractivity contribution is 0.0588. The van der Waals surface area contributed by atoms with Gasteiger partial charge in [0, 0.05) is 44.1 Å². The Morgan fingerprint density at radius 1 is 1.03 bits per heavy atom. The maximum Gasteiger partial charge on any atom is 0.253 e. The highest BCUT2D eigenvalue weighted by molar-refractivity contribution is 7.93. The van der Waals surface area contributed by atoms with E-state index in [-0.39, 0.29) is 23.5 Å². The zero-order valence-electron chi connectivity index (χ0n) is 16.3. The van der Waals surface area contributed by atoms with Crippen molar-refractivity contribution in [2.45, 2.75) is 25.4 Å². The van der Waals surface area contributed by atoms with Crippen molar-refractivity contribution < 1.29 is 26.7 Å². The first-order valence-corrected chi connectivity index (χ1v) is 11.5. The van der Waals surface area contributed by atoms with Crippen LogP contribution in [0, 0.1) is 11.6 Å². The first kappa shape index (κ1) is 20.6. The molecule has 2 saturated heterocycles. The molecule has 160 valence electrons. The van der Waals surface area contributed by atoms with Crippen molar-refractivity contribution in [3.8, 4) is 5.75 Å². The zero-order chi connectivity index (χ0) is 21.3. The summed E-state index contributed by atoms with van der Waals surface area (Å²) in [5, 5.41) is 0. The van der Waals surface area contributed by atoms with Crippen LogP contribution in [-0.4, -0.2) is 50.7 Å². The monoisotopic (exact) mass is 436 g/mol. The minimum Gasteiger partial charge on any atom is -0.487 e. The van der Waals surface area contributed by atoms with Crippen molar-refractivity contribution in [3.63, 3.8) is 0 Å². The van der Waals surface area contributed by atoms with Gasteiger partial charge in [0.1, 0.15) is 11.9 Å². The van der Waals surface area contributed by atoms with Crippen LogP contribution in [0.2, 0.25) is 0 Å². The Morgan fingerprint density at radius 2 is 1.80 bits per heavy atom. The van der Waals surface area contributed by atoms with Gasteiger partial charge in [-0.1, -0.05) is 6.07 Å². The van der Waals surface area contributed by atoms with Gasteiger partial charge in [0.25, 0.3) is 5.91 Å². The molecular formula is C21H22F2N2O4S. The molecule has 2 aliphatic heterocycles. The van der Waals surface area contributed by atoms with Crippen molar-refractivity contribution in [3.05, 3.63) is 59.7 Å².